The first-order valence-electron chi connectivity index (χ1n) is 12.5. The standard InChI is InChI=1S/C27H33N3O5/c1-4-32-20-12-10-19(11-13-20)22-18-23-21-8-7-9-24(33-5-2)25(21)35-27(30(23)28-22)14-16-29(17-15-27)26(31)34-6-3/h7-13,23H,4-6,14-18H2,1-3H3/t23-/m1/s1. The number of piperidine rings is 1. The number of hydrogen-bond donors (Lipinski definition) is 0. The molecule has 0 aliphatic carbocycles. The molecule has 8 heteroatoms. The average molecular weight is 480 g/mol. The van der Waals surface area contributed by atoms with Crippen molar-refractivity contribution in [3.8, 4) is 17.2 Å². The number of benzene rings is 2. The van der Waals surface area contributed by atoms with Gasteiger partial charge in [-0.1, -0.05) is 12.1 Å². The Bertz CT molecular complexity index is 1090. The van der Waals surface area contributed by atoms with E-state index in [-0.39, 0.29) is 12.1 Å². The molecule has 1 atom stereocenters. The molecule has 1 saturated heterocycles. The summed E-state index contributed by atoms with van der Waals surface area (Å²) in [6.45, 7) is 8.43. The zero-order valence-corrected chi connectivity index (χ0v) is 20.7. The van der Waals surface area contributed by atoms with Crippen LogP contribution < -0.4 is 14.2 Å². The molecule has 0 N–H and O–H groups in total. The second-order valence-electron chi connectivity index (χ2n) is 8.91. The summed E-state index contributed by atoms with van der Waals surface area (Å²) >= 11 is 0. The topological polar surface area (TPSA) is 72.8 Å². The third-order valence-electron chi connectivity index (χ3n) is 6.86. The van der Waals surface area contributed by atoms with Crippen LogP contribution in [0.5, 0.6) is 17.2 Å². The summed E-state index contributed by atoms with van der Waals surface area (Å²) < 4.78 is 23.6. The Balaban J connectivity index is 1.49. The highest BCUT2D eigenvalue weighted by atomic mass is 16.6. The monoisotopic (exact) mass is 479 g/mol. The lowest BCUT2D eigenvalue weighted by Gasteiger charge is -2.51. The Morgan fingerprint density at radius 1 is 1.03 bits per heavy atom. The molecule has 3 heterocycles. The first-order chi connectivity index (χ1) is 17.1. The van der Waals surface area contributed by atoms with Crippen molar-refractivity contribution in [2.75, 3.05) is 32.9 Å². The minimum absolute atomic E-state index is 0.0369. The summed E-state index contributed by atoms with van der Waals surface area (Å²) in [5.74, 6) is 2.40. The number of nitrogens with zero attached hydrogens (tertiary/aromatic N) is 3. The lowest BCUT2D eigenvalue weighted by molar-refractivity contribution is -0.148. The van der Waals surface area contributed by atoms with Gasteiger partial charge in [-0.15, -0.1) is 0 Å². The Hall–Kier alpha value is -3.42. The lowest BCUT2D eigenvalue weighted by Crippen LogP contribution is -2.59. The molecular weight excluding hydrogens is 446 g/mol. The Labute approximate surface area is 206 Å². The molecule has 0 saturated carbocycles. The van der Waals surface area contributed by atoms with E-state index in [1.54, 1.807) is 4.90 Å². The number of carbonyl (C=O) groups is 1. The van der Waals surface area contributed by atoms with Crippen LogP contribution in [0.4, 0.5) is 4.79 Å². The second kappa shape index (κ2) is 9.68. The van der Waals surface area contributed by atoms with E-state index in [0.717, 1.165) is 40.5 Å². The predicted molar refractivity (Wildman–Crippen MR) is 132 cm³/mol. The van der Waals surface area contributed by atoms with Crippen molar-refractivity contribution >= 4 is 11.8 Å². The highest BCUT2D eigenvalue weighted by Crippen LogP contribution is 2.52. The zero-order chi connectivity index (χ0) is 24.4. The van der Waals surface area contributed by atoms with E-state index >= 15 is 0 Å². The summed E-state index contributed by atoms with van der Waals surface area (Å²) in [5, 5.41) is 7.26. The van der Waals surface area contributed by atoms with Crippen molar-refractivity contribution < 1.29 is 23.7 Å². The van der Waals surface area contributed by atoms with Crippen LogP contribution in [-0.4, -0.2) is 60.3 Å². The molecule has 1 amide bonds. The van der Waals surface area contributed by atoms with Gasteiger partial charge in [-0.05, 0) is 56.7 Å². The van der Waals surface area contributed by atoms with Crippen LogP contribution in [0.25, 0.3) is 0 Å². The third-order valence-corrected chi connectivity index (χ3v) is 6.86. The Morgan fingerprint density at radius 3 is 2.46 bits per heavy atom. The molecule has 2 aromatic rings. The molecule has 35 heavy (non-hydrogen) atoms. The number of hydrogen-bond acceptors (Lipinski definition) is 7. The summed E-state index contributed by atoms with van der Waals surface area (Å²) in [6, 6.07) is 14.2. The molecule has 0 bridgehead atoms. The van der Waals surface area contributed by atoms with Gasteiger partial charge in [0.25, 0.3) is 0 Å². The van der Waals surface area contributed by atoms with Crippen LogP contribution in [0.2, 0.25) is 0 Å². The number of para-hydroxylation sites is 1. The first-order valence-corrected chi connectivity index (χ1v) is 12.5. The summed E-state index contributed by atoms with van der Waals surface area (Å²) in [6.07, 6.45) is 1.75. The maximum absolute atomic E-state index is 12.3. The van der Waals surface area contributed by atoms with E-state index in [4.69, 9.17) is 24.0 Å². The highest BCUT2D eigenvalue weighted by molar-refractivity contribution is 6.02. The van der Waals surface area contributed by atoms with Crippen LogP contribution in [-0.2, 0) is 4.74 Å². The zero-order valence-electron chi connectivity index (χ0n) is 20.7. The maximum Gasteiger partial charge on any atom is 0.409 e. The van der Waals surface area contributed by atoms with Gasteiger partial charge in [0, 0.05) is 37.9 Å². The summed E-state index contributed by atoms with van der Waals surface area (Å²) in [7, 11) is 0. The number of carbonyl (C=O) groups excluding carboxylic acids is 1. The largest absolute Gasteiger partial charge is 0.494 e. The van der Waals surface area contributed by atoms with Crippen LogP contribution in [0.3, 0.4) is 0 Å². The highest BCUT2D eigenvalue weighted by Gasteiger charge is 2.53. The van der Waals surface area contributed by atoms with Gasteiger partial charge >= 0.3 is 6.09 Å². The number of ether oxygens (including phenoxy) is 4. The van der Waals surface area contributed by atoms with Crippen LogP contribution in [0.1, 0.15) is 57.2 Å². The number of rotatable bonds is 6. The minimum Gasteiger partial charge on any atom is -0.494 e. The van der Waals surface area contributed by atoms with Crippen molar-refractivity contribution in [3.05, 3.63) is 53.6 Å². The van der Waals surface area contributed by atoms with E-state index in [1.165, 1.54) is 0 Å². The van der Waals surface area contributed by atoms with Gasteiger partial charge in [-0.25, -0.2) is 9.80 Å². The smallest absolute Gasteiger partial charge is 0.409 e. The molecule has 0 aromatic heterocycles. The molecule has 3 aliphatic rings. The van der Waals surface area contributed by atoms with Gasteiger partial charge in [0.1, 0.15) is 5.75 Å². The summed E-state index contributed by atoms with van der Waals surface area (Å²) in [5.41, 5.74) is 2.52. The fourth-order valence-corrected chi connectivity index (χ4v) is 5.21. The molecule has 3 aliphatic heterocycles. The van der Waals surface area contributed by atoms with Crippen molar-refractivity contribution in [2.24, 2.45) is 5.10 Å². The Morgan fingerprint density at radius 2 is 1.77 bits per heavy atom. The van der Waals surface area contributed by atoms with Crippen LogP contribution >= 0.6 is 0 Å². The van der Waals surface area contributed by atoms with Gasteiger partial charge in [0.2, 0.25) is 5.72 Å². The molecular formula is C27H33N3O5. The lowest BCUT2D eigenvalue weighted by atomic mass is 9.90. The minimum atomic E-state index is -0.652. The molecule has 5 rings (SSSR count). The van der Waals surface area contributed by atoms with E-state index in [2.05, 4.69) is 23.2 Å². The normalized spacial score (nSPS) is 20.0. The van der Waals surface area contributed by atoms with Crippen LogP contribution in [0.15, 0.2) is 47.6 Å². The first kappa shape index (κ1) is 23.3. The SMILES string of the molecule is CCOC(=O)N1CCC2(CC1)Oc1c(OCC)cccc1[C@H]1CC(c3ccc(OCC)cc3)=NN12. The maximum atomic E-state index is 12.3. The number of fused-ring (bicyclic) bond motifs is 4. The van der Waals surface area contributed by atoms with Crippen molar-refractivity contribution in [2.45, 2.75) is 51.8 Å². The molecule has 1 fully saturated rings. The molecule has 0 unspecified atom stereocenters. The van der Waals surface area contributed by atoms with E-state index in [0.29, 0.717) is 45.8 Å². The van der Waals surface area contributed by atoms with Gasteiger partial charge in [-0.2, -0.15) is 5.10 Å². The van der Waals surface area contributed by atoms with Crippen molar-refractivity contribution in [3.63, 3.8) is 0 Å². The fraction of sp³-hybridized carbons (Fsp3) is 0.481. The molecule has 8 nitrogen and oxygen atoms in total. The van der Waals surface area contributed by atoms with Gasteiger partial charge in [-0.3, -0.25) is 0 Å². The third kappa shape index (κ3) is 4.26. The number of hydrazone groups is 1. The van der Waals surface area contributed by atoms with E-state index in [9.17, 15) is 4.79 Å². The quantitative estimate of drug-likeness (QED) is 0.582. The molecule has 2 aromatic carbocycles. The molecule has 186 valence electrons. The predicted octanol–water partition coefficient (Wildman–Crippen LogP) is 4.98. The Kier molecular flexibility index (Phi) is 6.45. The number of likely N-dealkylation sites (tertiary alicyclic amines) is 1. The van der Waals surface area contributed by atoms with Gasteiger partial charge in [0.15, 0.2) is 11.5 Å². The van der Waals surface area contributed by atoms with Crippen molar-refractivity contribution in [1.82, 2.24) is 9.91 Å². The average Bonchev–Trinajstić information content (AvgIpc) is 3.33. The summed E-state index contributed by atoms with van der Waals surface area (Å²) in [4.78, 5) is 14.1. The van der Waals surface area contributed by atoms with E-state index < -0.39 is 5.72 Å². The fourth-order valence-electron chi connectivity index (χ4n) is 5.21. The van der Waals surface area contributed by atoms with Gasteiger partial charge in [0.05, 0.1) is 31.6 Å². The van der Waals surface area contributed by atoms with Crippen LogP contribution in [0, 0.1) is 0 Å². The number of amides is 1. The van der Waals surface area contributed by atoms with E-state index in [1.807, 2.05) is 45.0 Å². The van der Waals surface area contributed by atoms with Crippen molar-refractivity contribution in [1.29, 1.82) is 0 Å². The van der Waals surface area contributed by atoms with Gasteiger partial charge < -0.3 is 23.8 Å². The molecule has 0 radical (unpaired) electrons. The molecule has 1 spiro atoms. The second-order valence-corrected chi connectivity index (χ2v) is 8.91.